The largest absolute Gasteiger partial charge is 0.336 e. The lowest BCUT2D eigenvalue weighted by Gasteiger charge is -2.13. The number of aromatic nitrogens is 2. The quantitative estimate of drug-likeness (QED) is 0.478. The van der Waals surface area contributed by atoms with Crippen molar-refractivity contribution in [3.05, 3.63) is 83.7 Å². The summed E-state index contributed by atoms with van der Waals surface area (Å²) in [6.45, 7) is 2.66. The Hall–Kier alpha value is -3.43. The molecule has 0 saturated carbocycles. The van der Waals surface area contributed by atoms with Crippen LogP contribution in [-0.2, 0) is 22.8 Å². The Labute approximate surface area is 176 Å². The van der Waals surface area contributed by atoms with Crippen molar-refractivity contribution in [2.24, 2.45) is 0 Å². The third kappa shape index (κ3) is 3.49. The number of hydrogen-bond acceptors (Lipinski definition) is 4. The molecule has 2 heterocycles. The Kier molecular flexibility index (Phi) is 5.15. The average molecular weight is 416 g/mol. The van der Waals surface area contributed by atoms with Gasteiger partial charge in [0, 0.05) is 41.7 Å². The zero-order valence-electron chi connectivity index (χ0n) is 16.8. The molecule has 6 heteroatoms. The fraction of sp³-hybridized carbons (Fsp3) is 0.167. The number of rotatable bonds is 5. The maximum Gasteiger partial charge on any atom is 0.176 e. The molecule has 2 aromatic carbocycles. The van der Waals surface area contributed by atoms with E-state index in [1.165, 1.54) is 17.0 Å². The van der Waals surface area contributed by atoms with Crippen molar-refractivity contribution in [2.45, 2.75) is 24.8 Å². The molecular formula is C24H21N3O2S. The first kappa shape index (κ1) is 19.9. The van der Waals surface area contributed by atoms with Gasteiger partial charge in [0.25, 0.3) is 0 Å². The molecule has 4 aromatic rings. The van der Waals surface area contributed by atoms with E-state index in [4.69, 9.17) is 0 Å². The van der Waals surface area contributed by atoms with Gasteiger partial charge in [-0.2, -0.15) is 5.26 Å². The predicted octanol–water partition coefficient (Wildman–Crippen LogP) is 4.59. The lowest BCUT2D eigenvalue weighted by molar-refractivity contribution is 0.601. The number of sulfone groups is 1. The highest BCUT2D eigenvalue weighted by molar-refractivity contribution is 7.90. The number of hydrogen-bond donors (Lipinski definition) is 0. The SMILES string of the molecule is CCc1c(-c2cccnc2)n(Cc2ccc(S(C)(=O)=O)c(C#N)c2)c2ccccc12. The summed E-state index contributed by atoms with van der Waals surface area (Å²) in [5, 5.41) is 10.7. The molecule has 30 heavy (non-hydrogen) atoms. The number of pyridine rings is 1. The Morgan fingerprint density at radius 1 is 1.10 bits per heavy atom. The molecule has 0 saturated heterocycles. The third-order valence-corrected chi connectivity index (χ3v) is 6.42. The van der Waals surface area contributed by atoms with Gasteiger partial charge in [0.1, 0.15) is 6.07 Å². The van der Waals surface area contributed by atoms with E-state index in [2.05, 4.69) is 28.6 Å². The molecule has 0 spiro atoms. The first-order valence-electron chi connectivity index (χ1n) is 9.67. The van der Waals surface area contributed by atoms with Gasteiger partial charge < -0.3 is 4.57 Å². The highest BCUT2D eigenvalue weighted by Crippen LogP contribution is 2.35. The molecule has 0 atom stereocenters. The van der Waals surface area contributed by atoms with E-state index in [-0.39, 0.29) is 10.5 Å². The maximum absolute atomic E-state index is 12.0. The van der Waals surface area contributed by atoms with Crippen LogP contribution in [0.3, 0.4) is 0 Å². The first-order chi connectivity index (χ1) is 14.4. The predicted molar refractivity (Wildman–Crippen MR) is 118 cm³/mol. The second-order valence-corrected chi connectivity index (χ2v) is 9.22. The molecule has 0 aliphatic rings. The molecule has 5 nitrogen and oxygen atoms in total. The van der Waals surface area contributed by atoms with Gasteiger partial charge in [-0.05, 0) is 47.9 Å². The Morgan fingerprint density at radius 2 is 1.90 bits per heavy atom. The highest BCUT2D eigenvalue weighted by atomic mass is 32.2. The lowest BCUT2D eigenvalue weighted by atomic mass is 10.0. The van der Waals surface area contributed by atoms with E-state index in [0.29, 0.717) is 6.54 Å². The van der Waals surface area contributed by atoms with Crippen LogP contribution >= 0.6 is 0 Å². The second kappa shape index (κ2) is 7.77. The summed E-state index contributed by atoms with van der Waals surface area (Å²) >= 11 is 0. The number of nitriles is 1. The standard InChI is InChI=1S/C24H21N3O2S/c1-3-20-21-8-4-5-9-22(21)27(24(20)18-7-6-12-26-15-18)16-17-10-11-23(30(2,28)29)19(13-17)14-25/h4-13,15H,3,16H2,1-2H3. The summed E-state index contributed by atoms with van der Waals surface area (Å²) < 4.78 is 26.2. The third-order valence-electron chi connectivity index (χ3n) is 5.27. The van der Waals surface area contributed by atoms with E-state index in [1.807, 2.05) is 36.5 Å². The summed E-state index contributed by atoms with van der Waals surface area (Å²) in [6.07, 6.45) is 5.60. The Morgan fingerprint density at radius 3 is 2.57 bits per heavy atom. The zero-order chi connectivity index (χ0) is 21.3. The zero-order valence-corrected chi connectivity index (χ0v) is 17.6. The van der Waals surface area contributed by atoms with Crippen molar-refractivity contribution in [3.8, 4) is 17.3 Å². The van der Waals surface area contributed by atoms with Crippen molar-refractivity contribution in [3.63, 3.8) is 0 Å². The molecule has 150 valence electrons. The average Bonchev–Trinajstić information content (AvgIpc) is 3.07. The summed E-state index contributed by atoms with van der Waals surface area (Å²) in [6, 6.07) is 19.2. The van der Waals surface area contributed by atoms with Crippen LogP contribution in [0.15, 0.2) is 71.9 Å². The van der Waals surface area contributed by atoms with Crippen molar-refractivity contribution in [1.29, 1.82) is 5.26 Å². The summed E-state index contributed by atoms with van der Waals surface area (Å²) in [4.78, 5) is 4.36. The van der Waals surface area contributed by atoms with Crippen molar-refractivity contribution in [2.75, 3.05) is 6.26 Å². The summed E-state index contributed by atoms with van der Waals surface area (Å²) in [7, 11) is -3.46. The molecule has 4 rings (SSSR count). The summed E-state index contributed by atoms with van der Waals surface area (Å²) in [5.41, 5.74) is 5.50. The van der Waals surface area contributed by atoms with Gasteiger partial charge in [-0.1, -0.05) is 31.2 Å². The van der Waals surface area contributed by atoms with E-state index in [0.717, 1.165) is 35.0 Å². The monoisotopic (exact) mass is 415 g/mol. The van der Waals surface area contributed by atoms with Gasteiger partial charge in [-0.25, -0.2) is 8.42 Å². The van der Waals surface area contributed by atoms with Crippen molar-refractivity contribution in [1.82, 2.24) is 9.55 Å². The van der Waals surface area contributed by atoms with Gasteiger partial charge in [0.05, 0.1) is 16.2 Å². The van der Waals surface area contributed by atoms with Gasteiger partial charge in [-0.3, -0.25) is 4.98 Å². The van der Waals surface area contributed by atoms with Crippen LogP contribution in [0.4, 0.5) is 0 Å². The number of nitrogens with zero attached hydrogens (tertiary/aromatic N) is 3. The van der Waals surface area contributed by atoms with E-state index in [9.17, 15) is 13.7 Å². The second-order valence-electron chi connectivity index (χ2n) is 7.24. The molecule has 0 radical (unpaired) electrons. The van der Waals surface area contributed by atoms with Crippen LogP contribution in [0, 0.1) is 11.3 Å². The Balaban J connectivity index is 1.93. The van der Waals surface area contributed by atoms with Crippen LogP contribution in [0.5, 0.6) is 0 Å². The molecule has 2 aromatic heterocycles. The van der Waals surface area contributed by atoms with E-state index < -0.39 is 9.84 Å². The van der Waals surface area contributed by atoms with Crippen LogP contribution < -0.4 is 0 Å². The van der Waals surface area contributed by atoms with E-state index >= 15 is 0 Å². The molecule has 0 fully saturated rings. The van der Waals surface area contributed by atoms with Gasteiger partial charge in [0.2, 0.25) is 0 Å². The van der Waals surface area contributed by atoms with Crippen LogP contribution in [0.25, 0.3) is 22.2 Å². The van der Waals surface area contributed by atoms with Gasteiger partial charge >= 0.3 is 0 Å². The lowest BCUT2D eigenvalue weighted by Crippen LogP contribution is -2.05. The minimum atomic E-state index is -3.46. The molecular weight excluding hydrogens is 394 g/mol. The van der Waals surface area contributed by atoms with Crippen LogP contribution in [-0.4, -0.2) is 24.2 Å². The molecule has 0 aliphatic heterocycles. The first-order valence-corrected chi connectivity index (χ1v) is 11.6. The smallest absolute Gasteiger partial charge is 0.176 e. The number of para-hydroxylation sites is 1. The van der Waals surface area contributed by atoms with Gasteiger partial charge in [0.15, 0.2) is 9.84 Å². The minimum absolute atomic E-state index is 0.0628. The van der Waals surface area contributed by atoms with E-state index in [1.54, 1.807) is 18.3 Å². The molecule has 0 bridgehead atoms. The fourth-order valence-electron chi connectivity index (χ4n) is 4.00. The minimum Gasteiger partial charge on any atom is -0.336 e. The van der Waals surface area contributed by atoms with Crippen LogP contribution in [0.2, 0.25) is 0 Å². The molecule has 0 unspecified atom stereocenters. The van der Waals surface area contributed by atoms with Crippen LogP contribution in [0.1, 0.15) is 23.6 Å². The normalized spacial score (nSPS) is 11.5. The highest BCUT2D eigenvalue weighted by Gasteiger charge is 2.19. The molecule has 0 N–H and O–H groups in total. The number of benzene rings is 2. The van der Waals surface area contributed by atoms with Crippen molar-refractivity contribution >= 4 is 20.7 Å². The molecule has 0 aliphatic carbocycles. The molecule has 0 amide bonds. The van der Waals surface area contributed by atoms with Crippen molar-refractivity contribution < 1.29 is 8.42 Å². The fourth-order valence-corrected chi connectivity index (χ4v) is 4.82. The number of aryl methyl sites for hydroxylation is 1. The van der Waals surface area contributed by atoms with Gasteiger partial charge in [-0.15, -0.1) is 0 Å². The maximum atomic E-state index is 12.0. The summed E-state index contributed by atoms with van der Waals surface area (Å²) in [5.74, 6) is 0. The Bertz CT molecular complexity index is 1380. The topological polar surface area (TPSA) is 75.8 Å². The number of fused-ring (bicyclic) bond motifs is 1.